The van der Waals surface area contributed by atoms with Crippen LogP contribution in [0, 0.1) is 12.3 Å². The van der Waals surface area contributed by atoms with Gasteiger partial charge in [0.2, 0.25) is 0 Å². The van der Waals surface area contributed by atoms with Crippen molar-refractivity contribution < 1.29 is 9.84 Å². The maximum atomic E-state index is 9.72. The summed E-state index contributed by atoms with van der Waals surface area (Å²) in [7, 11) is 1.57. The molecule has 1 aromatic rings. The summed E-state index contributed by atoms with van der Waals surface area (Å²) in [6, 6.07) is 7.08. The largest absolute Gasteiger partial charge is 0.497 e. The van der Waals surface area contributed by atoms with Gasteiger partial charge in [-0.2, -0.15) is 0 Å². The standard InChI is InChI=1S/C11H12O2/c1-4-11(2,12)9-6-5-7-10(8-9)13-3/h1,5-8,12H,2-3H3. The first-order chi connectivity index (χ1) is 6.10. The van der Waals surface area contributed by atoms with Crippen molar-refractivity contribution in [3.8, 4) is 18.1 Å². The fourth-order valence-corrected chi connectivity index (χ4v) is 1.01. The van der Waals surface area contributed by atoms with E-state index >= 15 is 0 Å². The molecule has 0 amide bonds. The van der Waals surface area contributed by atoms with E-state index in [0.29, 0.717) is 11.3 Å². The van der Waals surface area contributed by atoms with Crippen LogP contribution in [0.2, 0.25) is 0 Å². The third-order valence-corrected chi connectivity index (χ3v) is 1.91. The maximum absolute atomic E-state index is 9.72. The van der Waals surface area contributed by atoms with Crippen LogP contribution in [0.3, 0.4) is 0 Å². The Morgan fingerprint density at radius 2 is 2.23 bits per heavy atom. The fourth-order valence-electron chi connectivity index (χ4n) is 1.01. The van der Waals surface area contributed by atoms with E-state index in [-0.39, 0.29) is 0 Å². The van der Waals surface area contributed by atoms with Crippen molar-refractivity contribution >= 4 is 0 Å². The molecule has 1 unspecified atom stereocenters. The van der Waals surface area contributed by atoms with Crippen molar-refractivity contribution in [1.29, 1.82) is 0 Å². The lowest BCUT2D eigenvalue weighted by atomic mass is 9.97. The molecule has 68 valence electrons. The Kier molecular flexibility index (Phi) is 2.60. The summed E-state index contributed by atoms with van der Waals surface area (Å²) in [5, 5.41) is 9.72. The Bertz CT molecular complexity index is 334. The van der Waals surface area contributed by atoms with E-state index < -0.39 is 5.60 Å². The van der Waals surface area contributed by atoms with E-state index in [2.05, 4.69) is 5.92 Å². The van der Waals surface area contributed by atoms with Gasteiger partial charge in [-0.15, -0.1) is 6.42 Å². The summed E-state index contributed by atoms with van der Waals surface area (Å²) >= 11 is 0. The lowest BCUT2D eigenvalue weighted by Crippen LogP contribution is -2.17. The minimum atomic E-state index is -1.23. The highest BCUT2D eigenvalue weighted by Crippen LogP contribution is 2.23. The Hall–Kier alpha value is -1.46. The van der Waals surface area contributed by atoms with E-state index in [4.69, 9.17) is 11.2 Å². The molecule has 0 saturated heterocycles. The number of rotatable bonds is 2. The van der Waals surface area contributed by atoms with Gasteiger partial charge in [0.1, 0.15) is 11.4 Å². The van der Waals surface area contributed by atoms with E-state index in [1.807, 2.05) is 0 Å². The molecule has 0 fully saturated rings. The predicted molar refractivity (Wildman–Crippen MR) is 51.4 cm³/mol. The monoisotopic (exact) mass is 176 g/mol. The van der Waals surface area contributed by atoms with Gasteiger partial charge in [-0.3, -0.25) is 0 Å². The number of terminal acetylenes is 1. The van der Waals surface area contributed by atoms with Crippen LogP contribution in [-0.2, 0) is 5.60 Å². The smallest absolute Gasteiger partial charge is 0.148 e. The summed E-state index contributed by atoms with van der Waals surface area (Å²) in [5.41, 5.74) is -0.566. The zero-order valence-corrected chi connectivity index (χ0v) is 7.74. The summed E-state index contributed by atoms with van der Waals surface area (Å²) in [4.78, 5) is 0. The number of hydrogen-bond acceptors (Lipinski definition) is 2. The highest BCUT2D eigenvalue weighted by atomic mass is 16.5. The average molecular weight is 176 g/mol. The first-order valence-electron chi connectivity index (χ1n) is 3.95. The maximum Gasteiger partial charge on any atom is 0.148 e. The molecular formula is C11H12O2. The van der Waals surface area contributed by atoms with Crippen LogP contribution in [0.25, 0.3) is 0 Å². The van der Waals surface area contributed by atoms with E-state index in [9.17, 15) is 5.11 Å². The molecule has 0 aliphatic heterocycles. The molecule has 0 saturated carbocycles. The normalized spacial score (nSPS) is 14.3. The number of methoxy groups -OCH3 is 1. The molecule has 0 radical (unpaired) electrons. The van der Waals surface area contributed by atoms with Crippen molar-refractivity contribution in [2.45, 2.75) is 12.5 Å². The van der Waals surface area contributed by atoms with Gasteiger partial charge in [0, 0.05) is 0 Å². The van der Waals surface area contributed by atoms with Gasteiger partial charge in [0.05, 0.1) is 7.11 Å². The Morgan fingerprint density at radius 1 is 1.54 bits per heavy atom. The van der Waals surface area contributed by atoms with Gasteiger partial charge in [0.15, 0.2) is 0 Å². The van der Waals surface area contributed by atoms with Gasteiger partial charge in [0.25, 0.3) is 0 Å². The quantitative estimate of drug-likeness (QED) is 0.692. The Balaban J connectivity index is 3.10. The van der Waals surface area contributed by atoms with Gasteiger partial charge in [-0.1, -0.05) is 18.1 Å². The van der Waals surface area contributed by atoms with Crippen LogP contribution in [0.15, 0.2) is 24.3 Å². The highest BCUT2D eigenvalue weighted by Gasteiger charge is 2.19. The third kappa shape index (κ3) is 2.01. The third-order valence-electron chi connectivity index (χ3n) is 1.91. The SMILES string of the molecule is C#CC(C)(O)c1cccc(OC)c1. The molecule has 13 heavy (non-hydrogen) atoms. The molecule has 2 heteroatoms. The Morgan fingerprint density at radius 3 is 2.77 bits per heavy atom. The van der Waals surface area contributed by atoms with Gasteiger partial charge in [-0.25, -0.2) is 0 Å². The van der Waals surface area contributed by atoms with Crippen LogP contribution in [0.4, 0.5) is 0 Å². The molecular weight excluding hydrogens is 164 g/mol. The number of hydrogen-bond donors (Lipinski definition) is 1. The van der Waals surface area contributed by atoms with Crippen molar-refractivity contribution in [2.75, 3.05) is 7.11 Å². The summed E-state index contributed by atoms with van der Waals surface area (Å²) in [6.45, 7) is 1.57. The first kappa shape index (κ1) is 9.63. The summed E-state index contributed by atoms with van der Waals surface area (Å²) < 4.78 is 5.01. The molecule has 0 aliphatic rings. The van der Waals surface area contributed by atoms with Crippen LogP contribution in [0.1, 0.15) is 12.5 Å². The highest BCUT2D eigenvalue weighted by molar-refractivity contribution is 5.35. The molecule has 2 nitrogen and oxygen atoms in total. The molecule has 0 spiro atoms. The van der Waals surface area contributed by atoms with E-state index in [0.717, 1.165) is 0 Å². The van der Waals surface area contributed by atoms with Gasteiger partial charge >= 0.3 is 0 Å². The second kappa shape index (κ2) is 3.51. The van der Waals surface area contributed by atoms with E-state index in [1.54, 1.807) is 38.3 Å². The topological polar surface area (TPSA) is 29.5 Å². The molecule has 1 atom stereocenters. The molecule has 1 rings (SSSR count). The second-order valence-electron chi connectivity index (χ2n) is 2.95. The number of ether oxygens (including phenoxy) is 1. The van der Waals surface area contributed by atoms with Gasteiger partial charge < -0.3 is 9.84 Å². The van der Waals surface area contributed by atoms with E-state index in [1.165, 1.54) is 0 Å². The predicted octanol–water partition coefficient (Wildman–Crippen LogP) is 1.54. The first-order valence-corrected chi connectivity index (χ1v) is 3.95. The molecule has 0 bridgehead atoms. The molecule has 1 N–H and O–H groups in total. The van der Waals surface area contributed by atoms with Crippen molar-refractivity contribution in [2.24, 2.45) is 0 Å². The molecule has 1 aromatic carbocycles. The van der Waals surface area contributed by atoms with Crippen LogP contribution < -0.4 is 4.74 Å². The van der Waals surface area contributed by atoms with Gasteiger partial charge in [-0.05, 0) is 24.6 Å². The molecule has 0 aromatic heterocycles. The minimum Gasteiger partial charge on any atom is -0.497 e. The number of aliphatic hydroxyl groups is 1. The van der Waals surface area contributed by atoms with Crippen molar-refractivity contribution in [1.82, 2.24) is 0 Å². The second-order valence-corrected chi connectivity index (χ2v) is 2.95. The van der Waals surface area contributed by atoms with Crippen molar-refractivity contribution in [3.05, 3.63) is 29.8 Å². The van der Waals surface area contributed by atoms with Crippen LogP contribution in [-0.4, -0.2) is 12.2 Å². The zero-order chi connectivity index (χ0) is 9.90. The van der Waals surface area contributed by atoms with Crippen LogP contribution in [0.5, 0.6) is 5.75 Å². The van der Waals surface area contributed by atoms with Crippen molar-refractivity contribution in [3.63, 3.8) is 0 Å². The van der Waals surface area contributed by atoms with Crippen LogP contribution >= 0.6 is 0 Å². The lowest BCUT2D eigenvalue weighted by molar-refractivity contribution is 0.122. The molecule has 0 aliphatic carbocycles. The lowest BCUT2D eigenvalue weighted by Gasteiger charge is -2.16. The minimum absolute atomic E-state index is 0.661. The number of benzene rings is 1. The summed E-state index contributed by atoms with van der Waals surface area (Å²) in [6.07, 6.45) is 5.19. The average Bonchev–Trinajstić information content (AvgIpc) is 2.18. The summed E-state index contributed by atoms with van der Waals surface area (Å²) in [5.74, 6) is 3.00. The molecule has 0 heterocycles. The zero-order valence-electron chi connectivity index (χ0n) is 7.74. The fraction of sp³-hybridized carbons (Fsp3) is 0.273. The Labute approximate surface area is 78.2 Å².